The molecule has 190 valence electrons. The number of amides is 1. The number of benzene rings is 2. The number of fused-ring (bicyclic) bond motifs is 2. The predicted octanol–water partition coefficient (Wildman–Crippen LogP) is 4.04. The van der Waals surface area contributed by atoms with E-state index in [1.165, 1.54) is 0 Å². The van der Waals surface area contributed by atoms with Crippen LogP contribution in [0.2, 0.25) is 0 Å². The molecule has 37 heavy (non-hydrogen) atoms. The molecule has 1 saturated heterocycles. The molecule has 0 spiro atoms. The lowest BCUT2D eigenvalue weighted by Gasteiger charge is -2.28. The van der Waals surface area contributed by atoms with E-state index in [-0.39, 0.29) is 18.8 Å². The van der Waals surface area contributed by atoms with Crippen molar-refractivity contribution in [1.29, 1.82) is 0 Å². The molecule has 2 aliphatic heterocycles. The Bertz CT molecular complexity index is 1410. The largest absolute Gasteiger partial charge is 0.454 e. The summed E-state index contributed by atoms with van der Waals surface area (Å²) in [7, 11) is 3.93. The van der Waals surface area contributed by atoms with Crippen molar-refractivity contribution < 1.29 is 19.0 Å². The minimum absolute atomic E-state index is 0.0253. The van der Waals surface area contributed by atoms with Crippen LogP contribution in [0.4, 0.5) is 5.82 Å². The molecule has 4 aromatic rings. The second-order valence-electron chi connectivity index (χ2n) is 9.58. The van der Waals surface area contributed by atoms with Gasteiger partial charge in [-0.2, -0.15) is 5.10 Å². The standard InChI is InChI=1S/C28H29N5O4/c1-31(2)27-21(13-20-14-25-26(37-18-36-25)15-24(20)30-27)16-32(17-23-5-3-12-35-23)28(34)19-6-8-22(9-7-19)33-11-4-10-29-33/h4,6-11,13-15,23H,3,5,12,16-18H2,1-2H3. The first-order valence-electron chi connectivity index (χ1n) is 12.5. The maximum atomic E-state index is 13.8. The lowest BCUT2D eigenvalue weighted by atomic mass is 10.1. The Morgan fingerprint density at radius 2 is 1.92 bits per heavy atom. The van der Waals surface area contributed by atoms with E-state index in [0.29, 0.717) is 30.2 Å². The molecule has 0 radical (unpaired) electrons. The SMILES string of the molecule is CN(C)c1nc2cc3c(cc2cc1CN(CC1CCCO1)C(=O)c1ccc(-n2cccn2)cc1)OCO3. The number of aromatic nitrogens is 3. The molecule has 0 bridgehead atoms. The summed E-state index contributed by atoms with van der Waals surface area (Å²) in [6, 6.07) is 15.4. The van der Waals surface area contributed by atoms with Crippen LogP contribution in [0, 0.1) is 0 Å². The number of hydrogen-bond acceptors (Lipinski definition) is 7. The number of carbonyl (C=O) groups excluding carboxylic acids is 1. The van der Waals surface area contributed by atoms with Gasteiger partial charge in [0.05, 0.1) is 17.3 Å². The summed E-state index contributed by atoms with van der Waals surface area (Å²) in [5, 5.41) is 5.21. The summed E-state index contributed by atoms with van der Waals surface area (Å²) in [5.41, 5.74) is 3.30. The molecular formula is C28H29N5O4. The highest BCUT2D eigenvalue weighted by Crippen LogP contribution is 2.37. The molecule has 0 saturated carbocycles. The molecule has 1 unspecified atom stereocenters. The van der Waals surface area contributed by atoms with Gasteiger partial charge in [-0.15, -0.1) is 0 Å². The first-order chi connectivity index (χ1) is 18.0. The van der Waals surface area contributed by atoms with E-state index in [0.717, 1.165) is 47.4 Å². The van der Waals surface area contributed by atoms with E-state index in [4.69, 9.17) is 19.2 Å². The van der Waals surface area contributed by atoms with Crippen molar-refractivity contribution in [1.82, 2.24) is 19.7 Å². The quantitative estimate of drug-likeness (QED) is 0.380. The molecule has 2 aromatic carbocycles. The highest BCUT2D eigenvalue weighted by atomic mass is 16.7. The highest BCUT2D eigenvalue weighted by Gasteiger charge is 2.26. The molecule has 2 aliphatic rings. The van der Waals surface area contributed by atoms with Gasteiger partial charge in [0.15, 0.2) is 11.5 Å². The van der Waals surface area contributed by atoms with Gasteiger partial charge in [-0.1, -0.05) is 0 Å². The topological polar surface area (TPSA) is 82.0 Å². The fourth-order valence-electron chi connectivity index (χ4n) is 4.92. The van der Waals surface area contributed by atoms with Gasteiger partial charge in [-0.05, 0) is 55.3 Å². The van der Waals surface area contributed by atoms with Crippen molar-refractivity contribution in [2.45, 2.75) is 25.5 Å². The maximum Gasteiger partial charge on any atom is 0.254 e. The van der Waals surface area contributed by atoms with Gasteiger partial charge in [0.1, 0.15) is 5.82 Å². The third kappa shape index (κ3) is 4.70. The van der Waals surface area contributed by atoms with Crippen molar-refractivity contribution in [2.75, 3.05) is 38.9 Å². The summed E-state index contributed by atoms with van der Waals surface area (Å²) in [6.07, 6.45) is 5.59. The summed E-state index contributed by atoms with van der Waals surface area (Å²) in [5.74, 6) is 2.18. The van der Waals surface area contributed by atoms with E-state index in [1.807, 2.05) is 72.6 Å². The summed E-state index contributed by atoms with van der Waals surface area (Å²) >= 11 is 0. The molecular weight excluding hydrogens is 470 g/mol. The van der Waals surface area contributed by atoms with Gasteiger partial charge in [-0.3, -0.25) is 4.79 Å². The van der Waals surface area contributed by atoms with Crippen LogP contribution >= 0.6 is 0 Å². The average Bonchev–Trinajstić information content (AvgIpc) is 3.69. The van der Waals surface area contributed by atoms with Gasteiger partial charge < -0.3 is 24.0 Å². The van der Waals surface area contributed by atoms with E-state index in [9.17, 15) is 4.79 Å². The Morgan fingerprint density at radius 1 is 1.11 bits per heavy atom. The Balaban J connectivity index is 1.34. The maximum absolute atomic E-state index is 13.8. The first kappa shape index (κ1) is 23.3. The Hall–Kier alpha value is -4.11. The highest BCUT2D eigenvalue weighted by molar-refractivity contribution is 5.94. The number of pyridine rings is 1. The average molecular weight is 500 g/mol. The second kappa shape index (κ2) is 9.74. The van der Waals surface area contributed by atoms with Crippen LogP contribution in [0.3, 0.4) is 0 Å². The molecule has 1 fully saturated rings. The minimum atomic E-state index is -0.0435. The van der Waals surface area contributed by atoms with E-state index in [1.54, 1.807) is 10.9 Å². The lowest BCUT2D eigenvalue weighted by Crippen LogP contribution is -2.37. The first-order valence-corrected chi connectivity index (χ1v) is 12.5. The van der Waals surface area contributed by atoms with Gasteiger partial charge in [-0.25, -0.2) is 9.67 Å². The number of hydrogen-bond donors (Lipinski definition) is 0. The molecule has 2 aromatic heterocycles. The predicted molar refractivity (Wildman–Crippen MR) is 139 cm³/mol. The normalized spacial score (nSPS) is 16.3. The van der Waals surface area contributed by atoms with Crippen LogP contribution in [0.1, 0.15) is 28.8 Å². The van der Waals surface area contributed by atoms with Crippen molar-refractivity contribution in [3.63, 3.8) is 0 Å². The number of ether oxygens (including phenoxy) is 3. The van der Waals surface area contributed by atoms with Gasteiger partial charge >= 0.3 is 0 Å². The molecule has 1 atom stereocenters. The van der Waals surface area contributed by atoms with Crippen LogP contribution in [0.15, 0.2) is 60.9 Å². The third-order valence-electron chi connectivity index (χ3n) is 6.77. The van der Waals surface area contributed by atoms with Crippen LogP contribution in [0.5, 0.6) is 11.5 Å². The number of anilines is 1. The molecule has 4 heterocycles. The second-order valence-corrected chi connectivity index (χ2v) is 9.58. The summed E-state index contributed by atoms with van der Waals surface area (Å²) in [4.78, 5) is 22.6. The zero-order valence-corrected chi connectivity index (χ0v) is 21.0. The van der Waals surface area contributed by atoms with Crippen LogP contribution in [0.25, 0.3) is 16.6 Å². The number of rotatable bonds is 7. The van der Waals surface area contributed by atoms with Crippen LogP contribution < -0.4 is 14.4 Å². The van der Waals surface area contributed by atoms with Crippen molar-refractivity contribution >= 4 is 22.6 Å². The zero-order valence-electron chi connectivity index (χ0n) is 21.0. The van der Waals surface area contributed by atoms with Crippen molar-refractivity contribution in [3.8, 4) is 17.2 Å². The van der Waals surface area contributed by atoms with E-state index in [2.05, 4.69) is 11.2 Å². The van der Waals surface area contributed by atoms with Crippen LogP contribution in [-0.4, -0.2) is 65.7 Å². The van der Waals surface area contributed by atoms with Gasteiger partial charge in [0.25, 0.3) is 5.91 Å². The molecule has 1 amide bonds. The molecule has 9 heteroatoms. The molecule has 0 aliphatic carbocycles. The Labute approximate surface area is 215 Å². The van der Waals surface area contributed by atoms with Gasteiger partial charge in [0, 0.05) is 68.8 Å². The van der Waals surface area contributed by atoms with Crippen molar-refractivity contribution in [2.24, 2.45) is 0 Å². The fraction of sp³-hybridized carbons (Fsp3) is 0.321. The smallest absolute Gasteiger partial charge is 0.254 e. The molecule has 0 N–H and O–H groups in total. The van der Waals surface area contributed by atoms with Gasteiger partial charge in [0.2, 0.25) is 6.79 Å². The van der Waals surface area contributed by atoms with Crippen molar-refractivity contribution in [3.05, 3.63) is 72.1 Å². The zero-order chi connectivity index (χ0) is 25.4. The number of carbonyl (C=O) groups is 1. The summed E-state index contributed by atoms with van der Waals surface area (Å²) in [6.45, 7) is 1.87. The van der Waals surface area contributed by atoms with E-state index < -0.39 is 0 Å². The monoisotopic (exact) mass is 499 g/mol. The Morgan fingerprint density at radius 3 is 2.62 bits per heavy atom. The Kier molecular flexibility index (Phi) is 6.13. The van der Waals surface area contributed by atoms with E-state index >= 15 is 0 Å². The summed E-state index contributed by atoms with van der Waals surface area (Å²) < 4.78 is 18.8. The molecule has 6 rings (SSSR count). The number of nitrogens with zero attached hydrogens (tertiary/aromatic N) is 5. The lowest BCUT2D eigenvalue weighted by molar-refractivity contribution is 0.0507. The minimum Gasteiger partial charge on any atom is -0.454 e. The fourth-order valence-corrected chi connectivity index (χ4v) is 4.92. The molecule has 9 nitrogen and oxygen atoms in total. The third-order valence-corrected chi connectivity index (χ3v) is 6.77. The van der Waals surface area contributed by atoms with Crippen LogP contribution in [-0.2, 0) is 11.3 Å².